The van der Waals surface area contributed by atoms with Gasteiger partial charge in [-0.3, -0.25) is 14.5 Å². The fraction of sp³-hybridized carbons (Fsp3) is 0.152. The Balaban J connectivity index is 1.53. The summed E-state index contributed by atoms with van der Waals surface area (Å²) < 4.78 is 11.6. The van der Waals surface area contributed by atoms with Gasteiger partial charge in [0, 0.05) is 11.3 Å². The topological polar surface area (TPSA) is 76.1 Å². The van der Waals surface area contributed by atoms with Gasteiger partial charge in [0.05, 0.1) is 18.2 Å². The molecular weight excluding hydrogens is 490 g/mol. The van der Waals surface area contributed by atoms with E-state index in [1.54, 1.807) is 48.5 Å². The third-order valence-electron chi connectivity index (χ3n) is 6.50. The second-order valence-corrected chi connectivity index (χ2v) is 9.22. The number of aliphatic hydroxyl groups excluding tert-OH is 1. The summed E-state index contributed by atoms with van der Waals surface area (Å²) in [5.41, 5.74) is 2.71. The van der Waals surface area contributed by atoms with Crippen LogP contribution in [0, 0.1) is 0 Å². The van der Waals surface area contributed by atoms with Crippen molar-refractivity contribution in [3.05, 3.63) is 131 Å². The molecule has 0 saturated carbocycles. The standard InChI is InChI=1S/C33H29NO5/c1-2-20-38-28-15-9-12-25(21-28)31(35)29-30(34(33(37)32(29)36)26-13-7-4-8-14-26)24-16-18-27(19-17-24)39-22-23-10-5-3-6-11-23/h3-19,21,30,35H,2,20,22H2,1H3/b31-29-. The van der Waals surface area contributed by atoms with E-state index in [1.807, 2.05) is 67.6 Å². The molecule has 0 spiro atoms. The van der Waals surface area contributed by atoms with E-state index in [9.17, 15) is 14.7 Å². The molecule has 4 aromatic rings. The van der Waals surface area contributed by atoms with Crippen molar-refractivity contribution in [3.63, 3.8) is 0 Å². The van der Waals surface area contributed by atoms with Gasteiger partial charge in [-0.25, -0.2) is 0 Å². The van der Waals surface area contributed by atoms with Crippen LogP contribution in [0.25, 0.3) is 5.76 Å². The van der Waals surface area contributed by atoms with E-state index in [0.29, 0.717) is 41.5 Å². The van der Waals surface area contributed by atoms with Crippen molar-refractivity contribution >= 4 is 23.1 Å². The van der Waals surface area contributed by atoms with Crippen molar-refractivity contribution in [3.8, 4) is 11.5 Å². The quantitative estimate of drug-likeness (QED) is 0.152. The maximum Gasteiger partial charge on any atom is 0.300 e. The van der Waals surface area contributed by atoms with E-state index in [4.69, 9.17) is 9.47 Å². The first-order chi connectivity index (χ1) is 19.1. The third-order valence-corrected chi connectivity index (χ3v) is 6.50. The molecule has 0 aliphatic carbocycles. The first kappa shape index (κ1) is 25.8. The number of ketones is 1. The molecule has 39 heavy (non-hydrogen) atoms. The van der Waals surface area contributed by atoms with Gasteiger partial charge in [0.1, 0.15) is 23.9 Å². The second-order valence-electron chi connectivity index (χ2n) is 9.22. The summed E-state index contributed by atoms with van der Waals surface area (Å²) >= 11 is 0. The zero-order valence-corrected chi connectivity index (χ0v) is 21.6. The van der Waals surface area contributed by atoms with E-state index < -0.39 is 17.7 Å². The van der Waals surface area contributed by atoms with Gasteiger partial charge in [0.25, 0.3) is 11.7 Å². The fourth-order valence-electron chi connectivity index (χ4n) is 4.60. The zero-order valence-electron chi connectivity index (χ0n) is 21.6. The van der Waals surface area contributed by atoms with Gasteiger partial charge in [-0.05, 0) is 53.9 Å². The van der Waals surface area contributed by atoms with Gasteiger partial charge < -0.3 is 14.6 Å². The zero-order chi connectivity index (χ0) is 27.2. The lowest BCUT2D eigenvalue weighted by molar-refractivity contribution is -0.132. The summed E-state index contributed by atoms with van der Waals surface area (Å²) in [4.78, 5) is 28.2. The molecule has 1 heterocycles. The number of para-hydroxylation sites is 1. The van der Waals surface area contributed by atoms with Crippen LogP contribution in [0.1, 0.15) is 36.1 Å². The predicted molar refractivity (Wildman–Crippen MR) is 151 cm³/mol. The number of nitrogens with zero attached hydrogens (tertiary/aromatic N) is 1. The molecule has 0 radical (unpaired) electrons. The summed E-state index contributed by atoms with van der Waals surface area (Å²) in [6.07, 6.45) is 0.837. The number of amides is 1. The highest BCUT2D eigenvalue weighted by atomic mass is 16.5. The SMILES string of the molecule is CCCOc1cccc(/C(O)=C2/C(=O)C(=O)N(c3ccccc3)C2c2ccc(OCc3ccccc3)cc2)c1. The van der Waals surface area contributed by atoms with Gasteiger partial charge in [-0.1, -0.05) is 79.7 Å². The molecule has 6 nitrogen and oxygen atoms in total. The molecule has 1 N–H and O–H groups in total. The smallest absolute Gasteiger partial charge is 0.300 e. The third kappa shape index (κ3) is 5.55. The van der Waals surface area contributed by atoms with Crippen LogP contribution in [0.3, 0.4) is 0 Å². The summed E-state index contributed by atoms with van der Waals surface area (Å²) in [5.74, 6) is -0.459. The molecule has 4 aromatic carbocycles. The number of carbonyl (C=O) groups excluding carboxylic acids is 2. The van der Waals surface area contributed by atoms with Gasteiger partial charge in [0.15, 0.2) is 0 Å². The molecule has 1 aliphatic heterocycles. The van der Waals surface area contributed by atoms with Crippen molar-refractivity contribution in [1.29, 1.82) is 0 Å². The molecule has 1 aliphatic rings. The van der Waals surface area contributed by atoms with Gasteiger partial charge in [-0.15, -0.1) is 0 Å². The number of Topliss-reactive ketones (excluding diaryl/α,β-unsaturated/α-hetero) is 1. The number of aliphatic hydroxyl groups is 1. The highest BCUT2D eigenvalue weighted by molar-refractivity contribution is 6.51. The number of carbonyl (C=O) groups is 2. The molecule has 196 valence electrons. The Labute approximate surface area is 227 Å². The largest absolute Gasteiger partial charge is 0.507 e. The van der Waals surface area contributed by atoms with Crippen molar-refractivity contribution < 1.29 is 24.2 Å². The minimum absolute atomic E-state index is 0.0226. The van der Waals surface area contributed by atoms with Crippen LogP contribution >= 0.6 is 0 Å². The summed E-state index contributed by atoms with van der Waals surface area (Å²) in [5, 5.41) is 11.4. The number of benzene rings is 4. The van der Waals surface area contributed by atoms with Gasteiger partial charge in [-0.2, -0.15) is 0 Å². The number of hydrogen-bond acceptors (Lipinski definition) is 5. The van der Waals surface area contributed by atoms with Crippen LogP contribution in [-0.2, 0) is 16.2 Å². The molecule has 1 amide bonds. The lowest BCUT2D eigenvalue weighted by Gasteiger charge is -2.25. The van der Waals surface area contributed by atoms with Crippen molar-refractivity contribution in [1.82, 2.24) is 0 Å². The van der Waals surface area contributed by atoms with E-state index in [0.717, 1.165) is 12.0 Å². The first-order valence-corrected chi connectivity index (χ1v) is 12.9. The van der Waals surface area contributed by atoms with Crippen molar-refractivity contribution in [2.24, 2.45) is 0 Å². The molecule has 1 saturated heterocycles. The summed E-state index contributed by atoms with van der Waals surface area (Å²) in [7, 11) is 0. The van der Waals surface area contributed by atoms with Crippen LogP contribution in [0.5, 0.6) is 11.5 Å². The Bertz CT molecular complexity index is 1480. The van der Waals surface area contributed by atoms with Gasteiger partial charge >= 0.3 is 0 Å². The van der Waals surface area contributed by atoms with Crippen LogP contribution in [0.4, 0.5) is 5.69 Å². The van der Waals surface area contributed by atoms with E-state index in [1.165, 1.54) is 4.90 Å². The Morgan fingerprint density at radius 2 is 1.49 bits per heavy atom. The first-order valence-electron chi connectivity index (χ1n) is 12.9. The average molecular weight is 520 g/mol. The Morgan fingerprint density at radius 1 is 0.795 bits per heavy atom. The maximum atomic E-state index is 13.4. The van der Waals surface area contributed by atoms with E-state index in [2.05, 4.69) is 0 Å². The average Bonchev–Trinajstić information content (AvgIpc) is 3.25. The fourth-order valence-corrected chi connectivity index (χ4v) is 4.60. The number of rotatable bonds is 9. The molecule has 5 rings (SSSR count). The number of hydrogen-bond donors (Lipinski definition) is 1. The summed E-state index contributed by atoms with van der Waals surface area (Å²) in [6.45, 7) is 2.95. The monoisotopic (exact) mass is 519 g/mol. The summed E-state index contributed by atoms with van der Waals surface area (Å²) in [6, 6.07) is 32.2. The highest BCUT2D eigenvalue weighted by Gasteiger charge is 2.46. The molecule has 1 fully saturated rings. The normalized spacial score (nSPS) is 16.3. The van der Waals surface area contributed by atoms with E-state index in [-0.39, 0.29) is 11.3 Å². The maximum absolute atomic E-state index is 13.4. The Hall–Kier alpha value is -4.84. The van der Waals surface area contributed by atoms with Crippen LogP contribution < -0.4 is 14.4 Å². The van der Waals surface area contributed by atoms with Crippen LogP contribution in [-0.4, -0.2) is 23.4 Å². The predicted octanol–water partition coefficient (Wildman–Crippen LogP) is 6.68. The Kier molecular flexibility index (Phi) is 7.73. The molecule has 0 aromatic heterocycles. The Morgan fingerprint density at radius 3 is 2.18 bits per heavy atom. The molecule has 0 bridgehead atoms. The van der Waals surface area contributed by atoms with E-state index >= 15 is 0 Å². The van der Waals surface area contributed by atoms with Gasteiger partial charge in [0.2, 0.25) is 0 Å². The minimum atomic E-state index is -0.823. The molecule has 1 atom stereocenters. The van der Waals surface area contributed by atoms with Crippen molar-refractivity contribution in [2.45, 2.75) is 26.0 Å². The van der Waals surface area contributed by atoms with Crippen LogP contribution in [0.2, 0.25) is 0 Å². The second kappa shape index (κ2) is 11.7. The lowest BCUT2D eigenvalue weighted by Crippen LogP contribution is -2.29. The van der Waals surface area contributed by atoms with Crippen LogP contribution in [0.15, 0.2) is 115 Å². The number of anilines is 1. The molecule has 1 unspecified atom stereocenters. The molecular formula is C33H29NO5. The van der Waals surface area contributed by atoms with Crippen molar-refractivity contribution in [2.75, 3.05) is 11.5 Å². The highest BCUT2D eigenvalue weighted by Crippen LogP contribution is 2.42. The number of ether oxygens (including phenoxy) is 2. The molecule has 6 heteroatoms. The lowest BCUT2D eigenvalue weighted by atomic mass is 9.95. The minimum Gasteiger partial charge on any atom is -0.507 e.